The van der Waals surface area contributed by atoms with E-state index in [1.54, 1.807) is 31.3 Å². The summed E-state index contributed by atoms with van der Waals surface area (Å²) in [5.74, 6) is 0.571. The average molecular weight is 393 g/mol. The Hall–Kier alpha value is -3.31. The molecule has 0 spiro atoms. The van der Waals surface area contributed by atoms with E-state index in [0.717, 1.165) is 22.0 Å². The van der Waals surface area contributed by atoms with Gasteiger partial charge in [-0.25, -0.2) is 0 Å². The first-order chi connectivity index (χ1) is 13.5. The van der Waals surface area contributed by atoms with Crippen LogP contribution in [0.15, 0.2) is 75.9 Å². The Morgan fingerprint density at radius 3 is 2.61 bits per heavy atom. The van der Waals surface area contributed by atoms with Gasteiger partial charge in [0.2, 0.25) is 5.56 Å². The Bertz CT molecular complexity index is 1210. The summed E-state index contributed by atoms with van der Waals surface area (Å²) >= 11 is 5.91. The number of fused-ring (bicyclic) bond motifs is 1. The molecule has 0 saturated carbocycles. The Morgan fingerprint density at radius 2 is 1.82 bits per heavy atom. The van der Waals surface area contributed by atoms with Gasteiger partial charge in [0.05, 0.1) is 0 Å². The molecular weight excluding hydrogens is 376 g/mol. The number of para-hydroxylation sites is 1. The molecule has 6 heteroatoms. The molecule has 0 atom stereocenters. The van der Waals surface area contributed by atoms with E-state index in [0.29, 0.717) is 17.3 Å². The summed E-state index contributed by atoms with van der Waals surface area (Å²) in [5.41, 5.74) is 2.16. The highest BCUT2D eigenvalue weighted by Crippen LogP contribution is 2.25. The summed E-state index contributed by atoms with van der Waals surface area (Å²) < 4.78 is 5.74. The third-order valence-corrected chi connectivity index (χ3v) is 4.79. The molecule has 0 bridgehead atoms. The summed E-state index contributed by atoms with van der Waals surface area (Å²) in [5, 5.41) is 1.54. The summed E-state index contributed by atoms with van der Waals surface area (Å²) in [6.07, 6.45) is 0. The predicted octanol–water partition coefficient (Wildman–Crippen LogP) is 4.71. The number of carbonyl (C=O) groups is 1. The minimum atomic E-state index is -0.260. The zero-order valence-corrected chi connectivity index (χ0v) is 15.9. The maximum atomic E-state index is 12.8. The van der Waals surface area contributed by atoms with Crippen LogP contribution in [-0.4, -0.2) is 22.8 Å². The van der Waals surface area contributed by atoms with E-state index >= 15 is 0 Å². The Balaban J connectivity index is 1.58. The van der Waals surface area contributed by atoms with E-state index in [1.165, 1.54) is 11.0 Å². The number of rotatable bonds is 4. The third-order valence-electron chi connectivity index (χ3n) is 4.54. The Kier molecular flexibility index (Phi) is 4.75. The summed E-state index contributed by atoms with van der Waals surface area (Å²) in [4.78, 5) is 29.1. The number of aromatic nitrogens is 1. The number of nitrogens with one attached hydrogen (secondary N) is 1. The molecule has 0 aliphatic carbocycles. The van der Waals surface area contributed by atoms with Crippen molar-refractivity contribution in [3.05, 3.63) is 93.4 Å². The van der Waals surface area contributed by atoms with Crippen molar-refractivity contribution in [3.8, 4) is 11.3 Å². The fraction of sp³-hybridized carbons (Fsp3) is 0.0909. The van der Waals surface area contributed by atoms with Crippen LogP contribution in [0.2, 0.25) is 5.02 Å². The first kappa shape index (κ1) is 18.1. The molecule has 0 saturated heterocycles. The molecular formula is C22H17ClN2O3. The number of hydrogen-bond acceptors (Lipinski definition) is 3. The molecule has 5 nitrogen and oxygen atoms in total. The number of nitrogens with zero attached hydrogens (tertiary/aromatic N) is 1. The fourth-order valence-corrected chi connectivity index (χ4v) is 3.27. The fourth-order valence-electron chi connectivity index (χ4n) is 3.15. The van der Waals surface area contributed by atoms with E-state index < -0.39 is 0 Å². The van der Waals surface area contributed by atoms with Crippen molar-refractivity contribution < 1.29 is 9.21 Å². The number of benzene rings is 2. The second-order valence-electron chi connectivity index (χ2n) is 6.54. The smallest absolute Gasteiger partial charge is 0.289 e. The van der Waals surface area contributed by atoms with Crippen molar-refractivity contribution >= 4 is 28.4 Å². The van der Waals surface area contributed by atoms with Gasteiger partial charge in [0, 0.05) is 41.1 Å². The molecule has 0 fully saturated rings. The molecule has 0 radical (unpaired) electrons. The van der Waals surface area contributed by atoms with Crippen LogP contribution < -0.4 is 5.56 Å². The minimum absolute atomic E-state index is 0.197. The molecule has 2 heterocycles. The monoisotopic (exact) mass is 392 g/mol. The van der Waals surface area contributed by atoms with Gasteiger partial charge in [0.1, 0.15) is 5.76 Å². The van der Waals surface area contributed by atoms with Crippen molar-refractivity contribution in [2.75, 3.05) is 7.05 Å². The molecule has 4 aromatic rings. The van der Waals surface area contributed by atoms with Gasteiger partial charge in [-0.1, -0.05) is 29.8 Å². The number of pyridine rings is 1. The Morgan fingerprint density at radius 1 is 1.07 bits per heavy atom. The van der Waals surface area contributed by atoms with E-state index in [4.69, 9.17) is 16.0 Å². The maximum Gasteiger partial charge on any atom is 0.289 e. The van der Waals surface area contributed by atoms with Crippen LogP contribution in [0.1, 0.15) is 16.1 Å². The van der Waals surface area contributed by atoms with Crippen molar-refractivity contribution in [2.45, 2.75) is 6.54 Å². The number of H-pyrrole nitrogens is 1. The summed E-state index contributed by atoms with van der Waals surface area (Å²) in [7, 11) is 1.68. The van der Waals surface area contributed by atoms with Crippen molar-refractivity contribution in [2.24, 2.45) is 0 Å². The van der Waals surface area contributed by atoms with E-state index in [1.807, 2.05) is 36.4 Å². The van der Waals surface area contributed by atoms with Crippen LogP contribution in [-0.2, 0) is 6.54 Å². The van der Waals surface area contributed by atoms with E-state index in [2.05, 4.69) is 4.98 Å². The zero-order chi connectivity index (χ0) is 19.7. The first-order valence-corrected chi connectivity index (χ1v) is 9.11. The van der Waals surface area contributed by atoms with Crippen LogP contribution in [0.25, 0.3) is 22.2 Å². The number of halogens is 1. The molecule has 0 unspecified atom stereocenters. The number of amides is 1. The van der Waals surface area contributed by atoms with E-state index in [9.17, 15) is 9.59 Å². The molecule has 2 aromatic carbocycles. The second kappa shape index (κ2) is 7.37. The minimum Gasteiger partial charge on any atom is -0.451 e. The van der Waals surface area contributed by atoms with Gasteiger partial charge in [0.15, 0.2) is 5.76 Å². The maximum absolute atomic E-state index is 12.8. The lowest BCUT2D eigenvalue weighted by atomic mass is 10.1. The second-order valence-corrected chi connectivity index (χ2v) is 6.97. The summed E-state index contributed by atoms with van der Waals surface area (Å²) in [6, 6.07) is 19.7. The third kappa shape index (κ3) is 3.57. The van der Waals surface area contributed by atoms with E-state index in [-0.39, 0.29) is 17.2 Å². The van der Waals surface area contributed by atoms with Crippen LogP contribution in [0.4, 0.5) is 0 Å². The normalized spacial score (nSPS) is 10.9. The van der Waals surface area contributed by atoms with Crippen molar-refractivity contribution in [3.63, 3.8) is 0 Å². The quantitative estimate of drug-likeness (QED) is 0.546. The summed E-state index contributed by atoms with van der Waals surface area (Å²) in [6.45, 7) is 0.292. The van der Waals surface area contributed by atoms with Gasteiger partial charge in [-0.3, -0.25) is 9.59 Å². The molecule has 1 amide bonds. The predicted molar refractivity (Wildman–Crippen MR) is 110 cm³/mol. The largest absolute Gasteiger partial charge is 0.451 e. The van der Waals surface area contributed by atoms with Crippen LogP contribution in [0.3, 0.4) is 0 Å². The van der Waals surface area contributed by atoms with Crippen LogP contribution >= 0.6 is 11.6 Å². The van der Waals surface area contributed by atoms with Crippen molar-refractivity contribution in [1.82, 2.24) is 9.88 Å². The van der Waals surface area contributed by atoms with Crippen molar-refractivity contribution in [1.29, 1.82) is 0 Å². The van der Waals surface area contributed by atoms with Gasteiger partial charge in [0.25, 0.3) is 5.91 Å². The SMILES string of the molecule is CN(Cc1cc(=O)[nH]c2ccccc12)C(=O)c1ccc(-c2ccc(Cl)cc2)o1. The molecule has 0 aliphatic heterocycles. The molecule has 28 heavy (non-hydrogen) atoms. The molecule has 1 N–H and O–H groups in total. The van der Waals surface area contributed by atoms with Gasteiger partial charge in [-0.2, -0.15) is 0 Å². The molecule has 4 rings (SSSR count). The van der Waals surface area contributed by atoms with Crippen LogP contribution in [0, 0.1) is 0 Å². The molecule has 0 aliphatic rings. The first-order valence-electron chi connectivity index (χ1n) is 8.73. The lowest BCUT2D eigenvalue weighted by Gasteiger charge is -2.17. The topological polar surface area (TPSA) is 66.3 Å². The molecule has 2 aromatic heterocycles. The van der Waals surface area contributed by atoms with Gasteiger partial charge in [-0.05, 0) is 48.0 Å². The average Bonchev–Trinajstić information content (AvgIpc) is 3.18. The van der Waals surface area contributed by atoms with Gasteiger partial charge >= 0.3 is 0 Å². The number of aromatic amines is 1. The number of furan rings is 1. The van der Waals surface area contributed by atoms with Gasteiger partial charge < -0.3 is 14.3 Å². The number of hydrogen-bond donors (Lipinski definition) is 1. The number of carbonyl (C=O) groups excluding carboxylic acids is 1. The highest BCUT2D eigenvalue weighted by atomic mass is 35.5. The lowest BCUT2D eigenvalue weighted by Crippen LogP contribution is -2.26. The van der Waals surface area contributed by atoms with Crippen LogP contribution in [0.5, 0.6) is 0 Å². The highest BCUT2D eigenvalue weighted by Gasteiger charge is 2.18. The highest BCUT2D eigenvalue weighted by molar-refractivity contribution is 6.30. The molecule has 140 valence electrons. The van der Waals surface area contributed by atoms with Gasteiger partial charge in [-0.15, -0.1) is 0 Å². The standard InChI is InChI=1S/C22H17ClN2O3/c1-25(13-15-12-21(26)24-18-5-3-2-4-17(15)18)22(27)20-11-10-19(28-20)14-6-8-16(23)9-7-14/h2-12H,13H2,1H3,(H,24,26). The Labute approximate surface area is 166 Å². The zero-order valence-electron chi connectivity index (χ0n) is 15.1. The lowest BCUT2D eigenvalue weighted by molar-refractivity contribution is 0.0755.